The predicted octanol–water partition coefficient (Wildman–Crippen LogP) is 1.72. The van der Waals surface area contributed by atoms with Gasteiger partial charge >= 0.3 is 0 Å². The Bertz CT molecular complexity index is 313. The van der Waals surface area contributed by atoms with Gasteiger partial charge in [0.05, 0.1) is 0 Å². The van der Waals surface area contributed by atoms with E-state index in [4.69, 9.17) is 5.73 Å². The summed E-state index contributed by atoms with van der Waals surface area (Å²) in [5, 5.41) is 2.49. The van der Waals surface area contributed by atoms with Gasteiger partial charge in [0.1, 0.15) is 11.6 Å². The molecule has 6 heteroatoms. The first kappa shape index (κ1) is 13.1. The van der Waals surface area contributed by atoms with E-state index in [0.29, 0.717) is 0 Å². The summed E-state index contributed by atoms with van der Waals surface area (Å²) in [5.41, 5.74) is 5.06. The molecule has 0 heterocycles. The Morgan fingerprint density at radius 1 is 1.36 bits per heavy atom. The molecule has 0 radical (unpaired) electrons. The zero-order chi connectivity index (χ0) is 9.84. The lowest BCUT2D eigenvalue weighted by molar-refractivity contribution is 0.551. The van der Waals surface area contributed by atoms with Crippen molar-refractivity contribution in [3.05, 3.63) is 35.4 Å². The topological polar surface area (TPSA) is 38.0 Å². The number of rotatable bonds is 2. The van der Waals surface area contributed by atoms with E-state index in [0.717, 1.165) is 0 Å². The van der Waals surface area contributed by atoms with Crippen LogP contribution in [0.5, 0.6) is 0 Å². The highest BCUT2D eigenvalue weighted by Gasteiger charge is 2.07. The van der Waals surface area contributed by atoms with Gasteiger partial charge in [0.25, 0.3) is 0 Å². The summed E-state index contributed by atoms with van der Waals surface area (Å²) in [6.45, 7) is -0.0339. The molecule has 2 nitrogen and oxygen atoms in total. The van der Waals surface area contributed by atoms with Crippen LogP contribution in [-0.2, 0) is 6.54 Å². The quantitative estimate of drug-likeness (QED) is 0.771. The van der Waals surface area contributed by atoms with Crippen LogP contribution in [0.1, 0.15) is 5.56 Å². The Balaban J connectivity index is 0.00000169. The molecule has 0 saturated carbocycles. The van der Waals surface area contributed by atoms with Crippen molar-refractivity contribution in [2.75, 3.05) is 0 Å². The SMILES string of the molecule is Cl.NC(=S)NCc1c(F)cccc1F. The number of nitrogens with one attached hydrogen (secondary N) is 1. The first-order chi connectivity index (χ1) is 6.11. The van der Waals surface area contributed by atoms with Gasteiger partial charge in [-0.05, 0) is 24.4 Å². The first-order valence-corrected chi connectivity index (χ1v) is 3.98. The van der Waals surface area contributed by atoms with E-state index in [1.807, 2.05) is 0 Å². The smallest absolute Gasteiger partial charge is 0.163 e. The Morgan fingerprint density at radius 3 is 2.29 bits per heavy atom. The van der Waals surface area contributed by atoms with Crippen molar-refractivity contribution >= 4 is 29.7 Å². The van der Waals surface area contributed by atoms with Gasteiger partial charge in [-0.1, -0.05) is 6.07 Å². The Labute approximate surface area is 91.9 Å². The fourth-order valence-electron chi connectivity index (χ4n) is 0.877. The van der Waals surface area contributed by atoms with Crippen molar-refractivity contribution in [2.24, 2.45) is 5.73 Å². The maximum Gasteiger partial charge on any atom is 0.163 e. The number of thiocarbonyl (C=S) groups is 1. The van der Waals surface area contributed by atoms with Crippen LogP contribution in [0, 0.1) is 11.6 Å². The molecule has 0 aliphatic rings. The van der Waals surface area contributed by atoms with Crippen LogP contribution in [0.15, 0.2) is 18.2 Å². The molecule has 0 aromatic heterocycles. The molecule has 1 aromatic carbocycles. The maximum atomic E-state index is 12.9. The number of hydrogen-bond acceptors (Lipinski definition) is 1. The minimum absolute atomic E-state index is 0. The van der Waals surface area contributed by atoms with Crippen LogP contribution in [0.2, 0.25) is 0 Å². The van der Waals surface area contributed by atoms with Gasteiger partial charge in [-0.3, -0.25) is 0 Å². The third kappa shape index (κ3) is 3.43. The standard InChI is InChI=1S/C8H8F2N2S.ClH/c9-6-2-1-3-7(10)5(6)4-12-8(11)13;/h1-3H,4H2,(H3,11,12,13);1H. The summed E-state index contributed by atoms with van der Waals surface area (Å²) in [5.74, 6) is -1.22. The van der Waals surface area contributed by atoms with E-state index < -0.39 is 11.6 Å². The summed E-state index contributed by atoms with van der Waals surface area (Å²) >= 11 is 4.50. The highest BCUT2D eigenvalue weighted by Crippen LogP contribution is 2.10. The van der Waals surface area contributed by atoms with Gasteiger partial charge in [-0.2, -0.15) is 0 Å². The van der Waals surface area contributed by atoms with E-state index in [1.54, 1.807) is 0 Å². The Hall–Kier alpha value is -0.940. The molecule has 0 aliphatic carbocycles. The second-order valence-electron chi connectivity index (χ2n) is 2.42. The molecule has 0 aliphatic heterocycles. The molecule has 1 rings (SSSR count). The molecule has 0 atom stereocenters. The zero-order valence-corrected chi connectivity index (χ0v) is 8.72. The van der Waals surface area contributed by atoms with Crippen molar-refractivity contribution in [2.45, 2.75) is 6.54 Å². The van der Waals surface area contributed by atoms with Crippen LogP contribution in [0.3, 0.4) is 0 Å². The van der Waals surface area contributed by atoms with Crippen LogP contribution in [0.25, 0.3) is 0 Å². The lowest BCUT2D eigenvalue weighted by Gasteiger charge is -2.05. The summed E-state index contributed by atoms with van der Waals surface area (Å²) in [7, 11) is 0. The Kier molecular flexibility index (Phi) is 5.34. The monoisotopic (exact) mass is 238 g/mol. The van der Waals surface area contributed by atoms with Crippen LogP contribution >= 0.6 is 24.6 Å². The molecular formula is C8H9ClF2N2S. The molecule has 0 bridgehead atoms. The van der Waals surface area contributed by atoms with Crippen LogP contribution in [-0.4, -0.2) is 5.11 Å². The summed E-state index contributed by atoms with van der Waals surface area (Å²) in [4.78, 5) is 0. The molecule has 0 fully saturated rings. The van der Waals surface area contributed by atoms with Crippen molar-refractivity contribution in [3.8, 4) is 0 Å². The molecule has 3 N–H and O–H groups in total. The second-order valence-corrected chi connectivity index (χ2v) is 2.86. The normalized spacial score (nSPS) is 9.00. The van der Waals surface area contributed by atoms with Crippen molar-refractivity contribution in [1.82, 2.24) is 5.32 Å². The summed E-state index contributed by atoms with van der Waals surface area (Å²) in [6.07, 6.45) is 0. The van der Waals surface area contributed by atoms with Gasteiger partial charge in [0, 0.05) is 12.1 Å². The molecule has 0 saturated heterocycles. The van der Waals surface area contributed by atoms with Gasteiger partial charge < -0.3 is 11.1 Å². The zero-order valence-electron chi connectivity index (χ0n) is 7.09. The van der Waals surface area contributed by atoms with E-state index in [1.165, 1.54) is 18.2 Å². The molecular weight excluding hydrogens is 230 g/mol. The Morgan fingerprint density at radius 2 is 1.86 bits per heavy atom. The summed E-state index contributed by atoms with van der Waals surface area (Å²) in [6, 6.07) is 3.66. The number of halogens is 3. The summed E-state index contributed by atoms with van der Waals surface area (Å²) < 4.78 is 25.9. The number of hydrogen-bond donors (Lipinski definition) is 2. The van der Waals surface area contributed by atoms with Gasteiger partial charge in [-0.25, -0.2) is 8.78 Å². The highest BCUT2D eigenvalue weighted by molar-refractivity contribution is 7.80. The van der Waals surface area contributed by atoms with Gasteiger partial charge in [-0.15, -0.1) is 12.4 Å². The maximum absolute atomic E-state index is 12.9. The fraction of sp³-hybridized carbons (Fsp3) is 0.125. The first-order valence-electron chi connectivity index (χ1n) is 3.57. The predicted molar refractivity (Wildman–Crippen MR) is 57.2 cm³/mol. The average molecular weight is 239 g/mol. The van der Waals surface area contributed by atoms with E-state index >= 15 is 0 Å². The largest absolute Gasteiger partial charge is 0.376 e. The van der Waals surface area contributed by atoms with Crippen molar-refractivity contribution < 1.29 is 8.78 Å². The number of nitrogens with two attached hydrogens (primary N) is 1. The van der Waals surface area contributed by atoms with Crippen molar-refractivity contribution in [3.63, 3.8) is 0 Å². The van der Waals surface area contributed by atoms with Crippen molar-refractivity contribution in [1.29, 1.82) is 0 Å². The minimum Gasteiger partial charge on any atom is -0.376 e. The molecule has 14 heavy (non-hydrogen) atoms. The molecule has 0 unspecified atom stereocenters. The van der Waals surface area contributed by atoms with E-state index in [-0.39, 0.29) is 29.6 Å². The third-order valence-electron chi connectivity index (χ3n) is 1.50. The molecule has 0 spiro atoms. The minimum atomic E-state index is -0.608. The molecule has 78 valence electrons. The van der Waals surface area contributed by atoms with E-state index in [9.17, 15) is 8.78 Å². The van der Waals surface area contributed by atoms with Crippen LogP contribution < -0.4 is 11.1 Å². The molecule has 0 amide bonds. The second kappa shape index (κ2) is 5.72. The third-order valence-corrected chi connectivity index (χ3v) is 1.65. The average Bonchev–Trinajstić information content (AvgIpc) is 2.03. The lowest BCUT2D eigenvalue weighted by atomic mass is 10.2. The van der Waals surface area contributed by atoms with Gasteiger partial charge in [0.15, 0.2) is 5.11 Å². The van der Waals surface area contributed by atoms with Crippen LogP contribution in [0.4, 0.5) is 8.78 Å². The number of benzene rings is 1. The molecule has 1 aromatic rings. The fourth-order valence-corrected chi connectivity index (χ4v) is 0.949. The highest BCUT2D eigenvalue weighted by atomic mass is 35.5. The van der Waals surface area contributed by atoms with Gasteiger partial charge in [0.2, 0.25) is 0 Å². The van der Waals surface area contributed by atoms with E-state index in [2.05, 4.69) is 17.5 Å². The lowest BCUT2D eigenvalue weighted by Crippen LogP contribution is -2.29.